The lowest BCUT2D eigenvalue weighted by atomic mass is 10.2. The lowest BCUT2D eigenvalue weighted by Crippen LogP contribution is -1.96. The summed E-state index contributed by atoms with van der Waals surface area (Å²) in [6, 6.07) is 7.99. The highest BCUT2D eigenvalue weighted by Crippen LogP contribution is 2.17. The zero-order valence-corrected chi connectivity index (χ0v) is 8.12. The third-order valence-electron chi connectivity index (χ3n) is 2.01. The van der Waals surface area contributed by atoms with Gasteiger partial charge in [0.1, 0.15) is 0 Å². The van der Waals surface area contributed by atoms with Gasteiger partial charge in [0.15, 0.2) is 0 Å². The number of nitrogens with one attached hydrogen (secondary N) is 2. The van der Waals surface area contributed by atoms with Crippen LogP contribution in [0.15, 0.2) is 36.7 Å². The Labute approximate surface area is 83.2 Å². The van der Waals surface area contributed by atoms with Crippen LogP contribution in [0.1, 0.15) is 6.92 Å². The minimum Gasteiger partial charge on any atom is -0.385 e. The van der Waals surface area contributed by atoms with Crippen LogP contribution in [-0.4, -0.2) is 16.5 Å². The number of pyridine rings is 1. The Morgan fingerprint density at radius 1 is 1.43 bits per heavy atom. The van der Waals surface area contributed by atoms with Crippen molar-refractivity contribution in [3.63, 3.8) is 0 Å². The van der Waals surface area contributed by atoms with E-state index in [4.69, 9.17) is 0 Å². The van der Waals surface area contributed by atoms with E-state index in [0.717, 1.165) is 23.6 Å². The molecule has 0 radical (unpaired) electrons. The number of H-pyrrole nitrogens is 1. The summed E-state index contributed by atoms with van der Waals surface area (Å²) in [6.45, 7) is 3.00. The smallest absolute Gasteiger partial charge is 0.0884 e. The average molecular weight is 187 g/mol. The van der Waals surface area contributed by atoms with Gasteiger partial charge in [-0.05, 0) is 31.2 Å². The van der Waals surface area contributed by atoms with Crippen LogP contribution in [-0.2, 0) is 0 Å². The van der Waals surface area contributed by atoms with Gasteiger partial charge in [-0.15, -0.1) is 0 Å². The van der Waals surface area contributed by atoms with E-state index in [1.807, 2.05) is 36.7 Å². The Kier molecular flexibility index (Phi) is 2.49. The number of nitrogens with zero attached hydrogens (tertiary/aromatic N) is 1. The van der Waals surface area contributed by atoms with Gasteiger partial charge in [-0.2, -0.15) is 0 Å². The van der Waals surface area contributed by atoms with Crippen molar-refractivity contribution in [3.05, 3.63) is 36.7 Å². The third kappa shape index (κ3) is 1.76. The Morgan fingerprint density at radius 2 is 2.36 bits per heavy atom. The summed E-state index contributed by atoms with van der Waals surface area (Å²) in [7, 11) is 0. The van der Waals surface area contributed by atoms with Gasteiger partial charge in [-0.3, -0.25) is 4.98 Å². The monoisotopic (exact) mass is 187 g/mol. The Balaban J connectivity index is 2.31. The molecule has 0 fully saturated rings. The molecule has 0 saturated heterocycles. The number of hydrogen-bond acceptors (Lipinski definition) is 2. The Morgan fingerprint density at radius 3 is 3.07 bits per heavy atom. The van der Waals surface area contributed by atoms with Crippen molar-refractivity contribution >= 4 is 5.69 Å². The number of rotatable bonds is 3. The quantitative estimate of drug-likeness (QED) is 0.775. The molecule has 3 nitrogen and oxygen atoms in total. The van der Waals surface area contributed by atoms with Gasteiger partial charge in [0.2, 0.25) is 0 Å². The summed E-state index contributed by atoms with van der Waals surface area (Å²) >= 11 is 0. The maximum Gasteiger partial charge on any atom is 0.0884 e. The molecule has 0 aliphatic rings. The topological polar surface area (TPSA) is 40.7 Å². The third-order valence-corrected chi connectivity index (χ3v) is 2.01. The maximum atomic E-state index is 4.29. The van der Waals surface area contributed by atoms with E-state index in [1.165, 1.54) is 0 Å². The molecule has 0 amide bonds. The van der Waals surface area contributed by atoms with E-state index in [-0.39, 0.29) is 0 Å². The number of hydrogen-bond donors (Lipinski definition) is 2. The molecule has 0 spiro atoms. The van der Waals surface area contributed by atoms with Gasteiger partial charge >= 0.3 is 0 Å². The summed E-state index contributed by atoms with van der Waals surface area (Å²) in [5.41, 5.74) is 3.12. The van der Waals surface area contributed by atoms with E-state index < -0.39 is 0 Å². The molecule has 0 unspecified atom stereocenters. The summed E-state index contributed by atoms with van der Waals surface area (Å²) in [6.07, 6.45) is 3.71. The normalized spacial score (nSPS) is 10.1. The number of anilines is 1. The lowest BCUT2D eigenvalue weighted by molar-refractivity contribution is 1.20. The Hall–Kier alpha value is -1.77. The van der Waals surface area contributed by atoms with Gasteiger partial charge in [0.25, 0.3) is 0 Å². The fourth-order valence-corrected chi connectivity index (χ4v) is 1.38. The second kappa shape index (κ2) is 3.96. The second-order valence-corrected chi connectivity index (χ2v) is 3.04. The van der Waals surface area contributed by atoms with Gasteiger partial charge in [-0.25, -0.2) is 0 Å². The maximum absolute atomic E-state index is 4.29. The van der Waals surface area contributed by atoms with E-state index in [9.17, 15) is 0 Å². The predicted molar refractivity (Wildman–Crippen MR) is 58.2 cm³/mol. The molecule has 2 heterocycles. The van der Waals surface area contributed by atoms with Crippen LogP contribution < -0.4 is 5.32 Å². The molecule has 2 N–H and O–H groups in total. The molecule has 14 heavy (non-hydrogen) atoms. The van der Waals surface area contributed by atoms with E-state index in [2.05, 4.69) is 22.2 Å². The minimum atomic E-state index is 0.925. The fraction of sp³-hybridized carbons (Fsp3) is 0.182. The number of aromatic amines is 1. The fourth-order valence-electron chi connectivity index (χ4n) is 1.38. The van der Waals surface area contributed by atoms with Crippen LogP contribution in [0.5, 0.6) is 0 Å². The van der Waals surface area contributed by atoms with E-state index in [0.29, 0.717) is 0 Å². The molecule has 0 saturated carbocycles. The van der Waals surface area contributed by atoms with Crippen molar-refractivity contribution in [2.75, 3.05) is 11.9 Å². The molecule has 3 heteroatoms. The highest BCUT2D eigenvalue weighted by molar-refractivity contribution is 5.60. The van der Waals surface area contributed by atoms with Crippen LogP contribution in [0, 0.1) is 0 Å². The zero-order chi connectivity index (χ0) is 9.80. The van der Waals surface area contributed by atoms with Crippen molar-refractivity contribution in [1.82, 2.24) is 9.97 Å². The van der Waals surface area contributed by atoms with E-state index in [1.54, 1.807) is 0 Å². The van der Waals surface area contributed by atoms with Crippen LogP contribution in [0.3, 0.4) is 0 Å². The summed E-state index contributed by atoms with van der Waals surface area (Å²) in [5.74, 6) is 0. The predicted octanol–water partition coefficient (Wildman–Crippen LogP) is 2.51. The van der Waals surface area contributed by atoms with Gasteiger partial charge < -0.3 is 10.3 Å². The highest BCUT2D eigenvalue weighted by atomic mass is 14.9. The van der Waals surface area contributed by atoms with Crippen LogP contribution in [0.2, 0.25) is 0 Å². The molecule has 72 valence electrons. The molecule has 2 aromatic heterocycles. The summed E-state index contributed by atoms with van der Waals surface area (Å²) in [5, 5.41) is 3.26. The summed E-state index contributed by atoms with van der Waals surface area (Å²) in [4.78, 5) is 7.43. The SMILES string of the molecule is CCNc1ccnc(-c2ccc[nH]2)c1. The first-order valence-electron chi connectivity index (χ1n) is 4.74. The molecule has 0 aliphatic heterocycles. The molecule has 0 aromatic carbocycles. The standard InChI is InChI=1S/C11H13N3/c1-2-12-9-5-7-14-11(8-9)10-4-3-6-13-10/h3-8,13H,2H2,1H3,(H,12,14). The molecule has 2 rings (SSSR count). The summed E-state index contributed by atoms with van der Waals surface area (Å²) < 4.78 is 0. The molecule has 0 atom stereocenters. The Bertz CT molecular complexity index is 393. The van der Waals surface area contributed by atoms with Crippen LogP contribution in [0.25, 0.3) is 11.4 Å². The van der Waals surface area contributed by atoms with Crippen molar-refractivity contribution in [1.29, 1.82) is 0 Å². The first-order valence-corrected chi connectivity index (χ1v) is 4.74. The molecular weight excluding hydrogens is 174 g/mol. The van der Waals surface area contributed by atoms with Crippen molar-refractivity contribution in [3.8, 4) is 11.4 Å². The lowest BCUT2D eigenvalue weighted by Gasteiger charge is -2.03. The molecule has 2 aromatic rings. The first-order chi connectivity index (χ1) is 6.90. The minimum absolute atomic E-state index is 0.925. The molecule has 0 bridgehead atoms. The largest absolute Gasteiger partial charge is 0.385 e. The second-order valence-electron chi connectivity index (χ2n) is 3.04. The highest BCUT2D eigenvalue weighted by Gasteiger charge is 1.99. The van der Waals surface area contributed by atoms with Gasteiger partial charge in [0, 0.05) is 24.6 Å². The van der Waals surface area contributed by atoms with Crippen molar-refractivity contribution in [2.24, 2.45) is 0 Å². The van der Waals surface area contributed by atoms with Gasteiger partial charge in [0.05, 0.1) is 11.4 Å². The average Bonchev–Trinajstić information content (AvgIpc) is 2.71. The first kappa shape index (κ1) is 8.81. The van der Waals surface area contributed by atoms with Gasteiger partial charge in [-0.1, -0.05) is 0 Å². The zero-order valence-electron chi connectivity index (χ0n) is 8.12. The van der Waals surface area contributed by atoms with Crippen molar-refractivity contribution < 1.29 is 0 Å². The molecule has 0 aliphatic carbocycles. The molecular formula is C11H13N3. The number of aromatic nitrogens is 2. The van der Waals surface area contributed by atoms with Crippen LogP contribution >= 0.6 is 0 Å². The van der Waals surface area contributed by atoms with Crippen molar-refractivity contribution in [2.45, 2.75) is 6.92 Å². The van der Waals surface area contributed by atoms with E-state index >= 15 is 0 Å². The van der Waals surface area contributed by atoms with Crippen LogP contribution in [0.4, 0.5) is 5.69 Å².